The molecule has 0 spiro atoms. The van der Waals surface area contributed by atoms with Crippen molar-refractivity contribution in [3.8, 4) is 11.8 Å². The van der Waals surface area contributed by atoms with Gasteiger partial charge in [0, 0.05) is 5.69 Å². The van der Waals surface area contributed by atoms with Crippen LogP contribution in [0.2, 0.25) is 5.02 Å². The summed E-state index contributed by atoms with van der Waals surface area (Å²) in [4.78, 5) is 11.8. The predicted molar refractivity (Wildman–Crippen MR) is 81.6 cm³/mol. The van der Waals surface area contributed by atoms with Crippen molar-refractivity contribution in [2.45, 2.75) is 0 Å². The largest absolute Gasteiger partial charge is 0.479 e. The van der Waals surface area contributed by atoms with Crippen molar-refractivity contribution in [1.82, 2.24) is 0 Å². The molecule has 0 aliphatic rings. The van der Waals surface area contributed by atoms with Gasteiger partial charge >= 0.3 is 6.03 Å². The van der Waals surface area contributed by atoms with Gasteiger partial charge in [0.1, 0.15) is 11.8 Å². The minimum atomic E-state index is -0.395. The minimum Gasteiger partial charge on any atom is -0.479 e. The summed E-state index contributed by atoms with van der Waals surface area (Å²) in [5.41, 5.74) is 1.13. The Balaban J connectivity index is 1.94. The number of halogens is 1. The highest BCUT2D eigenvalue weighted by molar-refractivity contribution is 6.33. The van der Waals surface area contributed by atoms with Gasteiger partial charge in [0.25, 0.3) is 0 Å². The van der Waals surface area contributed by atoms with Crippen LogP contribution < -0.4 is 15.4 Å². The molecule has 6 heteroatoms. The van der Waals surface area contributed by atoms with E-state index in [4.69, 9.17) is 21.6 Å². The average Bonchev–Trinajstić information content (AvgIpc) is 2.49. The normalized spacial score (nSPS) is 9.52. The molecule has 0 aromatic heterocycles. The van der Waals surface area contributed by atoms with Crippen molar-refractivity contribution < 1.29 is 9.53 Å². The number of nitrogens with zero attached hydrogens (tertiary/aromatic N) is 1. The first-order valence-electron chi connectivity index (χ1n) is 6.11. The van der Waals surface area contributed by atoms with E-state index in [1.54, 1.807) is 48.5 Å². The smallest absolute Gasteiger partial charge is 0.323 e. The average molecular weight is 302 g/mol. The number of hydrogen-bond donors (Lipinski definition) is 2. The molecule has 2 aromatic rings. The first-order chi connectivity index (χ1) is 10.2. The number of nitrogens with one attached hydrogen (secondary N) is 2. The Bertz CT molecular complexity index is 665. The summed E-state index contributed by atoms with van der Waals surface area (Å²) in [7, 11) is 0. The van der Waals surface area contributed by atoms with Gasteiger partial charge in [-0.2, -0.15) is 5.26 Å². The zero-order chi connectivity index (χ0) is 15.1. The van der Waals surface area contributed by atoms with Crippen LogP contribution in [0, 0.1) is 11.3 Å². The molecule has 0 radical (unpaired) electrons. The van der Waals surface area contributed by atoms with Crippen molar-refractivity contribution in [2.24, 2.45) is 0 Å². The molecule has 0 atom stereocenters. The van der Waals surface area contributed by atoms with Gasteiger partial charge in [0.05, 0.1) is 10.7 Å². The molecule has 0 heterocycles. The molecule has 21 heavy (non-hydrogen) atoms. The van der Waals surface area contributed by atoms with E-state index in [0.717, 1.165) is 0 Å². The van der Waals surface area contributed by atoms with E-state index in [1.807, 2.05) is 6.07 Å². The highest BCUT2D eigenvalue weighted by atomic mass is 35.5. The van der Waals surface area contributed by atoms with E-state index in [9.17, 15) is 4.79 Å². The Kier molecular flexibility index (Phi) is 5.02. The molecule has 0 saturated heterocycles. The second kappa shape index (κ2) is 7.17. The van der Waals surface area contributed by atoms with Crippen LogP contribution in [-0.4, -0.2) is 12.6 Å². The highest BCUT2D eigenvalue weighted by Gasteiger charge is 2.05. The van der Waals surface area contributed by atoms with Crippen molar-refractivity contribution in [1.29, 1.82) is 5.26 Å². The molecule has 2 amide bonds. The SMILES string of the molecule is N#CCOc1ccc(NC(=O)Nc2ccccc2Cl)cc1. The van der Waals surface area contributed by atoms with Gasteiger partial charge in [-0.15, -0.1) is 0 Å². The number of amides is 2. The molecule has 0 unspecified atom stereocenters. The number of ether oxygens (including phenoxy) is 1. The summed E-state index contributed by atoms with van der Waals surface area (Å²) < 4.78 is 5.12. The van der Waals surface area contributed by atoms with E-state index >= 15 is 0 Å². The number of urea groups is 1. The quantitative estimate of drug-likeness (QED) is 0.899. The van der Waals surface area contributed by atoms with Gasteiger partial charge in [-0.3, -0.25) is 0 Å². The third-order valence-corrected chi connectivity index (χ3v) is 2.87. The fourth-order valence-corrected chi connectivity index (χ4v) is 1.78. The molecule has 0 aliphatic heterocycles. The highest BCUT2D eigenvalue weighted by Crippen LogP contribution is 2.21. The summed E-state index contributed by atoms with van der Waals surface area (Å²) in [6.07, 6.45) is 0. The number of anilines is 2. The van der Waals surface area contributed by atoms with Gasteiger partial charge in [0.2, 0.25) is 0 Å². The molecule has 0 bridgehead atoms. The lowest BCUT2D eigenvalue weighted by Crippen LogP contribution is -2.19. The van der Waals surface area contributed by atoms with Crippen molar-refractivity contribution in [3.05, 3.63) is 53.6 Å². The second-order valence-corrected chi connectivity index (χ2v) is 4.44. The molecular formula is C15H12ClN3O2. The molecule has 2 N–H and O–H groups in total. The molecule has 0 aliphatic carbocycles. The maximum Gasteiger partial charge on any atom is 0.323 e. The Hall–Kier alpha value is -2.71. The van der Waals surface area contributed by atoms with Crippen LogP contribution in [0.5, 0.6) is 5.75 Å². The lowest BCUT2D eigenvalue weighted by molar-refractivity contribution is 0.262. The zero-order valence-electron chi connectivity index (χ0n) is 11.0. The summed E-state index contributed by atoms with van der Waals surface area (Å²) in [5, 5.41) is 14.2. The van der Waals surface area contributed by atoms with E-state index in [1.165, 1.54) is 0 Å². The third kappa shape index (κ3) is 4.41. The van der Waals surface area contributed by atoms with Crippen LogP contribution >= 0.6 is 11.6 Å². The topological polar surface area (TPSA) is 74.1 Å². The molecular weight excluding hydrogens is 290 g/mol. The zero-order valence-corrected chi connectivity index (χ0v) is 11.7. The summed E-state index contributed by atoms with van der Waals surface area (Å²) >= 11 is 5.96. The van der Waals surface area contributed by atoms with E-state index in [2.05, 4.69) is 10.6 Å². The Morgan fingerprint density at radius 3 is 2.52 bits per heavy atom. The number of carbonyl (C=O) groups excluding carboxylic acids is 1. The van der Waals surface area contributed by atoms with E-state index in [0.29, 0.717) is 22.1 Å². The number of hydrogen-bond acceptors (Lipinski definition) is 3. The number of benzene rings is 2. The van der Waals surface area contributed by atoms with Crippen LogP contribution in [0.15, 0.2) is 48.5 Å². The fourth-order valence-electron chi connectivity index (χ4n) is 1.60. The maximum absolute atomic E-state index is 11.8. The second-order valence-electron chi connectivity index (χ2n) is 4.03. The van der Waals surface area contributed by atoms with Gasteiger partial charge < -0.3 is 15.4 Å². The van der Waals surface area contributed by atoms with Gasteiger partial charge in [-0.25, -0.2) is 4.79 Å². The fraction of sp³-hybridized carbons (Fsp3) is 0.0667. The van der Waals surface area contributed by atoms with Crippen LogP contribution in [0.1, 0.15) is 0 Å². The molecule has 2 rings (SSSR count). The van der Waals surface area contributed by atoms with Gasteiger partial charge in [0.15, 0.2) is 6.61 Å². The Labute approximate surface area is 127 Å². The minimum absolute atomic E-state index is 0.0141. The summed E-state index contributed by atoms with van der Waals surface area (Å²) in [6.45, 7) is -0.0141. The van der Waals surface area contributed by atoms with Crippen molar-refractivity contribution in [2.75, 3.05) is 17.2 Å². The summed E-state index contributed by atoms with van der Waals surface area (Å²) in [5.74, 6) is 0.564. The monoisotopic (exact) mass is 301 g/mol. The van der Waals surface area contributed by atoms with Crippen LogP contribution in [0.25, 0.3) is 0 Å². The van der Waals surface area contributed by atoms with E-state index in [-0.39, 0.29) is 6.61 Å². The first kappa shape index (κ1) is 14.7. The number of para-hydroxylation sites is 1. The van der Waals surface area contributed by atoms with Gasteiger partial charge in [-0.1, -0.05) is 23.7 Å². The lowest BCUT2D eigenvalue weighted by atomic mass is 10.3. The molecule has 2 aromatic carbocycles. The van der Waals surface area contributed by atoms with Crippen LogP contribution in [-0.2, 0) is 0 Å². The number of carbonyl (C=O) groups is 1. The molecule has 106 valence electrons. The van der Waals surface area contributed by atoms with Crippen molar-refractivity contribution >= 4 is 29.0 Å². The number of rotatable bonds is 4. The van der Waals surface area contributed by atoms with Crippen LogP contribution in [0.4, 0.5) is 16.2 Å². The molecule has 5 nitrogen and oxygen atoms in total. The van der Waals surface area contributed by atoms with Gasteiger partial charge in [-0.05, 0) is 36.4 Å². The predicted octanol–water partition coefficient (Wildman–Crippen LogP) is 3.89. The third-order valence-electron chi connectivity index (χ3n) is 2.54. The Morgan fingerprint density at radius 2 is 1.86 bits per heavy atom. The van der Waals surface area contributed by atoms with Crippen molar-refractivity contribution in [3.63, 3.8) is 0 Å². The van der Waals surface area contributed by atoms with Crippen LogP contribution in [0.3, 0.4) is 0 Å². The van der Waals surface area contributed by atoms with E-state index < -0.39 is 6.03 Å². The molecule has 0 saturated carbocycles. The number of nitriles is 1. The summed E-state index contributed by atoms with van der Waals surface area (Å²) in [6, 6.07) is 15.1. The molecule has 0 fully saturated rings. The standard InChI is InChI=1S/C15H12ClN3O2/c16-13-3-1-2-4-14(13)19-15(20)18-11-5-7-12(8-6-11)21-10-9-17/h1-8H,10H2,(H2,18,19,20). The first-order valence-corrected chi connectivity index (χ1v) is 6.49. The lowest BCUT2D eigenvalue weighted by Gasteiger charge is -2.09. The maximum atomic E-state index is 11.8. The Morgan fingerprint density at radius 1 is 1.14 bits per heavy atom.